The van der Waals surface area contributed by atoms with E-state index in [0.717, 1.165) is 24.0 Å². The number of hydrogen-bond donors (Lipinski definition) is 1. The van der Waals surface area contributed by atoms with Crippen molar-refractivity contribution < 1.29 is 4.42 Å². The highest BCUT2D eigenvalue weighted by molar-refractivity contribution is 5.32. The Balaban J connectivity index is 2.06. The third kappa shape index (κ3) is 1.39. The second-order valence-corrected chi connectivity index (χ2v) is 4.24. The monoisotopic (exact) mass is 218 g/mol. The molecule has 16 heavy (non-hydrogen) atoms. The van der Waals surface area contributed by atoms with Gasteiger partial charge in [0.25, 0.3) is 0 Å². The lowest BCUT2D eigenvalue weighted by atomic mass is 10.0. The predicted octanol–water partition coefficient (Wildman–Crippen LogP) is 1.97. The van der Waals surface area contributed by atoms with Crippen molar-refractivity contribution >= 4 is 5.95 Å². The number of aryl methyl sites for hydroxylation is 1. The van der Waals surface area contributed by atoms with E-state index in [1.807, 2.05) is 23.7 Å². The Labute approximate surface area is 93.5 Å². The summed E-state index contributed by atoms with van der Waals surface area (Å²) in [6, 6.07) is 4.43. The molecule has 0 amide bonds. The predicted molar refractivity (Wildman–Crippen MR) is 59.3 cm³/mol. The van der Waals surface area contributed by atoms with Gasteiger partial charge in [0, 0.05) is 6.04 Å². The minimum Gasteiger partial charge on any atom is -0.467 e. The first-order valence-electron chi connectivity index (χ1n) is 5.47. The molecule has 0 radical (unpaired) electrons. The summed E-state index contributed by atoms with van der Waals surface area (Å²) < 4.78 is 7.38. The van der Waals surface area contributed by atoms with E-state index in [0.29, 0.717) is 6.04 Å². The summed E-state index contributed by atoms with van der Waals surface area (Å²) in [5.41, 5.74) is 0. The molecule has 84 valence electrons. The fourth-order valence-corrected chi connectivity index (χ4v) is 2.18. The van der Waals surface area contributed by atoms with E-state index >= 15 is 0 Å². The van der Waals surface area contributed by atoms with Crippen LogP contribution in [-0.4, -0.2) is 20.8 Å². The molecule has 5 nitrogen and oxygen atoms in total. The van der Waals surface area contributed by atoms with Gasteiger partial charge < -0.3 is 9.73 Å². The molecule has 1 aliphatic heterocycles. The SMILES string of the molecule is Cc1nc2n(n1)[C@@H](c1ccco1)C[C@@H](C)N2. The van der Waals surface area contributed by atoms with Crippen LogP contribution in [0.1, 0.15) is 31.0 Å². The lowest BCUT2D eigenvalue weighted by molar-refractivity contribution is 0.362. The maximum Gasteiger partial charge on any atom is 0.222 e. The van der Waals surface area contributed by atoms with Crippen LogP contribution in [0.15, 0.2) is 22.8 Å². The number of fused-ring (bicyclic) bond motifs is 1. The second kappa shape index (κ2) is 3.37. The third-order valence-electron chi connectivity index (χ3n) is 2.86. The van der Waals surface area contributed by atoms with Gasteiger partial charge in [-0.3, -0.25) is 0 Å². The molecule has 0 unspecified atom stereocenters. The van der Waals surface area contributed by atoms with E-state index in [1.54, 1.807) is 6.26 Å². The molecule has 0 aliphatic carbocycles. The van der Waals surface area contributed by atoms with Crippen LogP contribution >= 0.6 is 0 Å². The number of furan rings is 1. The molecule has 0 spiro atoms. The molecule has 2 aromatic rings. The van der Waals surface area contributed by atoms with Gasteiger partial charge >= 0.3 is 0 Å². The Morgan fingerprint density at radius 1 is 1.56 bits per heavy atom. The maximum atomic E-state index is 5.47. The molecule has 0 fully saturated rings. The molecule has 0 bridgehead atoms. The number of rotatable bonds is 1. The fourth-order valence-electron chi connectivity index (χ4n) is 2.18. The van der Waals surface area contributed by atoms with Crippen molar-refractivity contribution in [1.29, 1.82) is 0 Å². The molecule has 1 aliphatic rings. The highest BCUT2D eigenvalue weighted by Crippen LogP contribution is 2.30. The van der Waals surface area contributed by atoms with Crippen LogP contribution in [0, 0.1) is 6.92 Å². The highest BCUT2D eigenvalue weighted by atomic mass is 16.3. The average Bonchev–Trinajstić information content (AvgIpc) is 2.83. The zero-order valence-corrected chi connectivity index (χ0v) is 9.34. The molecular weight excluding hydrogens is 204 g/mol. The first-order chi connectivity index (χ1) is 7.74. The summed E-state index contributed by atoms with van der Waals surface area (Å²) in [4.78, 5) is 4.36. The van der Waals surface area contributed by atoms with Crippen LogP contribution in [-0.2, 0) is 0 Å². The van der Waals surface area contributed by atoms with E-state index in [2.05, 4.69) is 22.3 Å². The van der Waals surface area contributed by atoms with Crippen LogP contribution in [0.5, 0.6) is 0 Å². The number of nitrogens with one attached hydrogen (secondary N) is 1. The number of anilines is 1. The Hall–Kier alpha value is -1.78. The Morgan fingerprint density at radius 2 is 2.44 bits per heavy atom. The standard InChI is InChI=1S/C11H14N4O/c1-7-6-9(10-4-3-5-16-10)15-11(12-7)13-8(2)14-15/h3-5,7,9H,6H2,1-2H3,(H,12,13,14)/t7-,9-/m1/s1. The molecule has 2 aromatic heterocycles. The molecular formula is C11H14N4O. The van der Waals surface area contributed by atoms with E-state index in [-0.39, 0.29) is 6.04 Å². The first kappa shape index (κ1) is 9.45. The van der Waals surface area contributed by atoms with E-state index in [1.165, 1.54) is 0 Å². The number of nitrogens with zero attached hydrogens (tertiary/aromatic N) is 3. The smallest absolute Gasteiger partial charge is 0.222 e. The van der Waals surface area contributed by atoms with Crippen molar-refractivity contribution in [2.75, 3.05) is 5.32 Å². The summed E-state index contributed by atoms with van der Waals surface area (Å²) >= 11 is 0. The maximum absolute atomic E-state index is 5.47. The number of hydrogen-bond acceptors (Lipinski definition) is 4. The molecule has 0 saturated heterocycles. The topological polar surface area (TPSA) is 55.9 Å². The zero-order valence-electron chi connectivity index (χ0n) is 9.34. The lowest BCUT2D eigenvalue weighted by Gasteiger charge is -2.27. The van der Waals surface area contributed by atoms with E-state index in [4.69, 9.17) is 4.42 Å². The van der Waals surface area contributed by atoms with Gasteiger partial charge in [-0.15, -0.1) is 0 Å². The highest BCUT2D eigenvalue weighted by Gasteiger charge is 2.29. The lowest BCUT2D eigenvalue weighted by Crippen LogP contribution is -2.30. The summed E-state index contributed by atoms with van der Waals surface area (Å²) in [6.45, 7) is 4.04. The summed E-state index contributed by atoms with van der Waals surface area (Å²) in [5, 5.41) is 7.73. The van der Waals surface area contributed by atoms with Crippen LogP contribution in [0.4, 0.5) is 5.95 Å². The Kier molecular flexibility index (Phi) is 1.99. The van der Waals surface area contributed by atoms with Gasteiger partial charge in [-0.2, -0.15) is 10.1 Å². The molecule has 0 aromatic carbocycles. The van der Waals surface area contributed by atoms with Crippen LogP contribution in [0.25, 0.3) is 0 Å². The van der Waals surface area contributed by atoms with Gasteiger partial charge in [0.15, 0.2) is 0 Å². The van der Waals surface area contributed by atoms with Gasteiger partial charge in [-0.1, -0.05) is 0 Å². The van der Waals surface area contributed by atoms with Crippen molar-refractivity contribution in [3.8, 4) is 0 Å². The second-order valence-electron chi connectivity index (χ2n) is 4.24. The first-order valence-corrected chi connectivity index (χ1v) is 5.47. The summed E-state index contributed by atoms with van der Waals surface area (Å²) in [7, 11) is 0. The van der Waals surface area contributed by atoms with Crippen LogP contribution in [0.2, 0.25) is 0 Å². The molecule has 2 atom stereocenters. The average molecular weight is 218 g/mol. The Morgan fingerprint density at radius 3 is 3.19 bits per heavy atom. The van der Waals surface area contributed by atoms with Crippen molar-refractivity contribution in [1.82, 2.24) is 14.8 Å². The molecule has 3 heterocycles. The molecule has 5 heteroatoms. The van der Waals surface area contributed by atoms with Crippen molar-refractivity contribution in [3.63, 3.8) is 0 Å². The largest absolute Gasteiger partial charge is 0.467 e. The van der Waals surface area contributed by atoms with Gasteiger partial charge in [-0.25, -0.2) is 4.68 Å². The van der Waals surface area contributed by atoms with Crippen LogP contribution in [0.3, 0.4) is 0 Å². The summed E-state index contributed by atoms with van der Waals surface area (Å²) in [6.07, 6.45) is 2.66. The minimum atomic E-state index is 0.155. The fraction of sp³-hybridized carbons (Fsp3) is 0.455. The minimum absolute atomic E-state index is 0.155. The third-order valence-corrected chi connectivity index (χ3v) is 2.86. The van der Waals surface area contributed by atoms with Crippen molar-refractivity contribution in [2.24, 2.45) is 0 Å². The summed E-state index contributed by atoms with van der Waals surface area (Å²) in [5.74, 6) is 2.56. The zero-order chi connectivity index (χ0) is 11.1. The molecule has 0 saturated carbocycles. The van der Waals surface area contributed by atoms with Crippen molar-refractivity contribution in [3.05, 3.63) is 30.0 Å². The van der Waals surface area contributed by atoms with Crippen LogP contribution < -0.4 is 5.32 Å². The van der Waals surface area contributed by atoms with Gasteiger partial charge in [-0.05, 0) is 32.4 Å². The van der Waals surface area contributed by atoms with Crippen molar-refractivity contribution in [2.45, 2.75) is 32.4 Å². The molecule has 3 rings (SSSR count). The van der Waals surface area contributed by atoms with E-state index < -0.39 is 0 Å². The number of aromatic nitrogens is 3. The Bertz CT molecular complexity index is 488. The normalized spacial score (nSPS) is 23.9. The van der Waals surface area contributed by atoms with Gasteiger partial charge in [0.05, 0.1) is 6.26 Å². The quantitative estimate of drug-likeness (QED) is 0.795. The van der Waals surface area contributed by atoms with Gasteiger partial charge in [0.1, 0.15) is 17.6 Å². The van der Waals surface area contributed by atoms with Gasteiger partial charge in [0.2, 0.25) is 5.95 Å². The molecule has 1 N–H and O–H groups in total. The van der Waals surface area contributed by atoms with E-state index in [9.17, 15) is 0 Å².